The van der Waals surface area contributed by atoms with Crippen LogP contribution in [0.4, 0.5) is 10.5 Å². The SMILES string of the molecule is Cc1cc(C(C)C(CC(=O)N2CCC(N3CCc4ccccc4NC3=O)CC2)C(=O)N2CCN(C3CCN(C)CC3)CC2)cc2cn[nH]c12. The summed E-state index contributed by atoms with van der Waals surface area (Å²) in [5, 5.41) is 11.4. The van der Waals surface area contributed by atoms with Crippen LogP contribution < -0.4 is 5.32 Å². The highest BCUT2D eigenvalue weighted by molar-refractivity contribution is 5.91. The van der Waals surface area contributed by atoms with Crippen LogP contribution in [0.5, 0.6) is 0 Å². The predicted octanol–water partition coefficient (Wildman–Crippen LogP) is 4.30. The van der Waals surface area contributed by atoms with Gasteiger partial charge in [-0.25, -0.2) is 4.79 Å². The smallest absolute Gasteiger partial charge is 0.322 e. The van der Waals surface area contributed by atoms with E-state index in [4.69, 9.17) is 0 Å². The van der Waals surface area contributed by atoms with Gasteiger partial charge in [0.15, 0.2) is 0 Å². The summed E-state index contributed by atoms with van der Waals surface area (Å²) in [6, 6.07) is 12.9. The Labute approximate surface area is 290 Å². The first-order valence-electron chi connectivity index (χ1n) is 18.3. The van der Waals surface area contributed by atoms with E-state index in [1.807, 2.05) is 39.1 Å². The van der Waals surface area contributed by atoms with Gasteiger partial charge < -0.3 is 24.9 Å². The number of aryl methyl sites for hydroxylation is 1. The molecule has 3 aromatic rings. The van der Waals surface area contributed by atoms with E-state index < -0.39 is 5.92 Å². The maximum absolute atomic E-state index is 14.4. The van der Waals surface area contributed by atoms with Crippen LogP contribution in [-0.4, -0.2) is 131 Å². The number of benzene rings is 2. The topological polar surface area (TPSA) is 108 Å². The summed E-state index contributed by atoms with van der Waals surface area (Å²) in [4.78, 5) is 52.5. The zero-order chi connectivity index (χ0) is 34.1. The number of para-hydroxylation sites is 1. The third kappa shape index (κ3) is 7.19. The van der Waals surface area contributed by atoms with Gasteiger partial charge in [-0.2, -0.15) is 5.10 Å². The highest BCUT2D eigenvalue weighted by atomic mass is 16.2. The summed E-state index contributed by atoms with van der Waals surface area (Å²) >= 11 is 0. The Balaban J connectivity index is 1.02. The molecule has 2 aromatic carbocycles. The molecule has 4 amide bonds. The molecule has 49 heavy (non-hydrogen) atoms. The summed E-state index contributed by atoms with van der Waals surface area (Å²) < 4.78 is 0. The van der Waals surface area contributed by atoms with E-state index in [1.54, 1.807) is 0 Å². The minimum atomic E-state index is -0.459. The first-order chi connectivity index (χ1) is 23.7. The molecule has 0 spiro atoms. The van der Waals surface area contributed by atoms with E-state index in [2.05, 4.69) is 64.4 Å². The minimum Gasteiger partial charge on any atom is -0.343 e. The van der Waals surface area contributed by atoms with Crippen LogP contribution in [0.2, 0.25) is 0 Å². The highest BCUT2D eigenvalue weighted by Gasteiger charge is 2.38. The molecule has 0 bridgehead atoms. The number of aromatic nitrogens is 2. The largest absolute Gasteiger partial charge is 0.343 e. The number of carbonyl (C=O) groups is 3. The van der Waals surface area contributed by atoms with Gasteiger partial charge in [0.05, 0.1) is 17.6 Å². The summed E-state index contributed by atoms with van der Waals surface area (Å²) in [7, 11) is 2.19. The Morgan fingerprint density at radius 3 is 2.37 bits per heavy atom. The second-order valence-corrected chi connectivity index (χ2v) is 14.8. The van der Waals surface area contributed by atoms with Crippen LogP contribution in [0.25, 0.3) is 10.9 Å². The molecule has 2 unspecified atom stereocenters. The van der Waals surface area contributed by atoms with Crippen LogP contribution in [0.3, 0.4) is 0 Å². The molecule has 11 nitrogen and oxygen atoms in total. The van der Waals surface area contributed by atoms with E-state index in [9.17, 15) is 14.4 Å². The van der Waals surface area contributed by atoms with Gasteiger partial charge in [0, 0.05) is 75.4 Å². The molecule has 2 N–H and O–H groups in total. The number of likely N-dealkylation sites (tertiary alicyclic amines) is 2. The van der Waals surface area contributed by atoms with Crippen molar-refractivity contribution in [1.29, 1.82) is 0 Å². The molecule has 0 aliphatic carbocycles. The number of fused-ring (bicyclic) bond motifs is 2. The molecule has 262 valence electrons. The van der Waals surface area contributed by atoms with Crippen LogP contribution in [0.1, 0.15) is 61.6 Å². The van der Waals surface area contributed by atoms with Crippen LogP contribution in [0, 0.1) is 12.8 Å². The second-order valence-electron chi connectivity index (χ2n) is 14.8. The normalized spacial score (nSPS) is 21.7. The molecule has 5 heterocycles. The Kier molecular flexibility index (Phi) is 9.91. The van der Waals surface area contributed by atoms with Gasteiger partial charge in [-0.1, -0.05) is 31.2 Å². The van der Waals surface area contributed by atoms with Gasteiger partial charge >= 0.3 is 6.03 Å². The number of rotatable bonds is 7. The van der Waals surface area contributed by atoms with Gasteiger partial charge in [-0.15, -0.1) is 0 Å². The summed E-state index contributed by atoms with van der Waals surface area (Å²) in [6.07, 6.45) is 6.66. The molecule has 4 aliphatic heterocycles. The number of anilines is 1. The van der Waals surface area contributed by atoms with Crippen LogP contribution >= 0.6 is 0 Å². The van der Waals surface area contributed by atoms with E-state index >= 15 is 0 Å². The Hall–Kier alpha value is -3.96. The van der Waals surface area contributed by atoms with Crippen molar-refractivity contribution in [2.45, 2.75) is 70.4 Å². The van der Waals surface area contributed by atoms with Crippen molar-refractivity contribution in [1.82, 2.24) is 34.7 Å². The Morgan fingerprint density at radius 2 is 1.61 bits per heavy atom. The summed E-state index contributed by atoms with van der Waals surface area (Å²) in [5.41, 5.74) is 5.20. The number of carbonyl (C=O) groups excluding carboxylic acids is 3. The Morgan fingerprint density at radius 1 is 0.898 bits per heavy atom. The lowest BCUT2D eigenvalue weighted by Gasteiger charge is -2.43. The monoisotopic (exact) mass is 668 g/mol. The fourth-order valence-corrected chi connectivity index (χ4v) is 8.62. The molecule has 0 saturated carbocycles. The number of hydrogen-bond donors (Lipinski definition) is 2. The fraction of sp³-hybridized carbons (Fsp3) is 0.579. The number of urea groups is 1. The molecule has 4 aliphatic rings. The third-order valence-electron chi connectivity index (χ3n) is 11.8. The van der Waals surface area contributed by atoms with Gasteiger partial charge in [-0.3, -0.25) is 19.6 Å². The molecule has 1 aromatic heterocycles. The van der Waals surface area contributed by atoms with Crippen molar-refractivity contribution in [2.75, 3.05) is 71.3 Å². The quantitative estimate of drug-likeness (QED) is 0.389. The van der Waals surface area contributed by atoms with Gasteiger partial charge in [0.1, 0.15) is 0 Å². The molecule has 3 fully saturated rings. The minimum absolute atomic E-state index is 0.0300. The number of nitrogens with one attached hydrogen (secondary N) is 2. The maximum Gasteiger partial charge on any atom is 0.322 e. The average Bonchev–Trinajstić information content (AvgIpc) is 3.54. The van der Waals surface area contributed by atoms with Crippen LogP contribution in [-0.2, 0) is 16.0 Å². The first kappa shape index (κ1) is 33.5. The lowest BCUT2D eigenvalue weighted by Crippen LogP contribution is -2.55. The zero-order valence-corrected chi connectivity index (χ0v) is 29.4. The predicted molar refractivity (Wildman–Crippen MR) is 191 cm³/mol. The number of hydrogen-bond acceptors (Lipinski definition) is 6. The molecule has 2 atom stereocenters. The molecule has 11 heteroatoms. The van der Waals surface area contributed by atoms with E-state index in [0.717, 1.165) is 78.7 Å². The maximum atomic E-state index is 14.4. The molecule has 7 rings (SSSR count). The lowest BCUT2D eigenvalue weighted by molar-refractivity contribution is -0.144. The molecule has 3 saturated heterocycles. The Bertz CT molecular complexity index is 1650. The standard InChI is InChI=1S/C38H52N8O3/c1-26-22-29(23-30-25-39-41-36(26)30)27(2)33(37(48)45-20-18-43(19-21-45)31-9-13-42(3)14-10-31)24-35(47)44-15-11-32(12-16-44)46-17-8-28-6-4-5-7-34(28)40-38(46)49/h4-7,22-23,25,27,31-33H,8-21,24H2,1-3H3,(H,39,41)(H,40,49). The van der Waals surface area contributed by atoms with Crippen molar-refractivity contribution in [3.8, 4) is 0 Å². The molecular formula is C38H52N8O3. The number of H-pyrrole nitrogens is 1. The van der Waals surface area contributed by atoms with E-state index in [1.165, 1.54) is 12.8 Å². The summed E-state index contributed by atoms with van der Waals surface area (Å²) in [6.45, 7) is 11.4. The van der Waals surface area contributed by atoms with Crippen molar-refractivity contribution in [3.05, 3.63) is 59.3 Å². The molecule has 0 radical (unpaired) electrons. The number of nitrogens with zero attached hydrogens (tertiary/aromatic N) is 6. The third-order valence-corrected chi connectivity index (χ3v) is 11.8. The van der Waals surface area contributed by atoms with E-state index in [-0.39, 0.29) is 36.2 Å². The number of piperidine rings is 2. The lowest BCUT2D eigenvalue weighted by atomic mass is 9.82. The van der Waals surface area contributed by atoms with Gasteiger partial charge in [-0.05, 0) is 93.9 Å². The van der Waals surface area contributed by atoms with E-state index in [0.29, 0.717) is 38.8 Å². The number of piperazine rings is 1. The zero-order valence-electron chi connectivity index (χ0n) is 29.4. The second kappa shape index (κ2) is 14.5. The van der Waals surface area contributed by atoms with Crippen molar-refractivity contribution < 1.29 is 14.4 Å². The van der Waals surface area contributed by atoms with Gasteiger partial charge in [0.2, 0.25) is 11.8 Å². The number of amides is 4. The average molecular weight is 669 g/mol. The van der Waals surface area contributed by atoms with Crippen molar-refractivity contribution in [3.63, 3.8) is 0 Å². The first-order valence-corrected chi connectivity index (χ1v) is 18.3. The van der Waals surface area contributed by atoms with Gasteiger partial charge in [0.25, 0.3) is 0 Å². The van der Waals surface area contributed by atoms with Crippen molar-refractivity contribution >= 4 is 34.4 Å². The number of aromatic amines is 1. The fourth-order valence-electron chi connectivity index (χ4n) is 8.62. The summed E-state index contributed by atoms with van der Waals surface area (Å²) in [5.74, 6) is -0.480. The highest BCUT2D eigenvalue weighted by Crippen LogP contribution is 2.34. The van der Waals surface area contributed by atoms with Crippen molar-refractivity contribution in [2.24, 2.45) is 5.92 Å². The molecular weight excluding hydrogens is 616 g/mol. The van der Waals surface area contributed by atoms with Crippen LogP contribution in [0.15, 0.2) is 42.6 Å².